The number of rotatable bonds is 5. The highest BCUT2D eigenvalue weighted by Crippen LogP contribution is 2.68. The molecule has 2 saturated carbocycles. The average molecular weight is 374 g/mol. The van der Waals surface area contributed by atoms with Crippen LogP contribution in [0, 0.1) is 22.7 Å². The van der Waals surface area contributed by atoms with Gasteiger partial charge in [-0.1, -0.05) is 13.8 Å². The molecule has 4 rings (SSSR count). The molecule has 1 amide bonds. The predicted octanol–water partition coefficient (Wildman–Crippen LogP) is 2.41. The lowest BCUT2D eigenvalue weighted by atomic mass is 9.60. The molecule has 0 aromatic carbocycles. The van der Waals surface area contributed by atoms with E-state index in [1.165, 1.54) is 6.20 Å². The molecule has 3 fully saturated rings. The molecule has 0 radical (unpaired) electrons. The number of amides is 1. The van der Waals surface area contributed by atoms with Crippen LogP contribution in [-0.2, 0) is 4.74 Å². The van der Waals surface area contributed by atoms with Gasteiger partial charge in [0, 0.05) is 30.8 Å². The summed E-state index contributed by atoms with van der Waals surface area (Å²) in [6, 6.07) is 3.39. The van der Waals surface area contributed by atoms with Crippen molar-refractivity contribution in [1.82, 2.24) is 10.3 Å². The first kappa shape index (κ1) is 18.7. The van der Waals surface area contributed by atoms with Gasteiger partial charge in [0.2, 0.25) is 5.88 Å². The van der Waals surface area contributed by atoms with E-state index < -0.39 is 0 Å². The molecular formula is C21H30N2O4. The second kappa shape index (κ2) is 6.74. The zero-order valence-corrected chi connectivity index (χ0v) is 16.4. The van der Waals surface area contributed by atoms with E-state index in [9.17, 15) is 9.90 Å². The van der Waals surface area contributed by atoms with Gasteiger partial charge in [-0.3, -0.25) is 4.79 Å². The van der Waals surface area contributed by atoms with E-state index in [0.29, 0.717) is 36.4 Å². The number of carbonyl (C=O) groups excluding carboxylic acids is 1. The number of carbonyl (C=O) groups is 1. The molecule has 27 heavy (non-hydrogen) atoms. The summed E-state index contributed by atoms with van der Waals surface area (Å²) >= 11 is 0. The molecule has 2 aliphatic carbocycles. The van der Waals surface area contributed by atoms with Crippen molar-refractivity contribution in [3.05, 3.63) is 23.9 Å². The zero-order chi connectivity index (χ0) is 19.2. The van der Waals surface area contributed by atoms with Crippen LogP contribution in [0.4, 0.5) is 0 Å². The number of aliphatic hydroxyl groups is 1. The van der Waals surface area contributed by atoms with Crippen molar-refractivity contribution in [3.8, 4) is 5.88 Å². The first-order chi connectivity index (χ1) is 12.9. The normalized spacial score (nSPS) is 36.3. The minimum Gasteiger partial charge on any atom is -0.481 e. The zero-order valence-electron chi connectivity index (χ0n) is 16.4. The number of methoxy groups -OCH3 is 1. The molecule has 1 saturated heterocycles. The summed E-state index contributed by atoms with van der Waals surface area (Å²) in [7, 11) is 1.55. The lowest BCUT2D eigenvalue weighted by molar-refractivity contribution is -0.163. The van der Waals surface area contributed by atoms with E-state index in [4.69, 9.17) is 9.47 Å². The fraction of sp³-hybridized carbons (Fsp3) is 0.714. The Labute approximate surface area is 160 Å². The third kappa shape index (κ3) is 2.93. The highest BCUT2D eigenvalue weighted by atomic mass is 16.5. The first-order valence-corrected chi connectivity index (χ1v) is 9.96. The Morgan fingerprint density at radius 3 is 2.93 bits per heavy atom. The van der Waals surface area contributed by atoms with Gasteiger partial charge in [-0.2, -0.15) is 0 Å². The average Bonchev–Trinajstić information content (AvgIpc) is 3.16. The molecule has 1 aromatic heterocycles. The van der Waals surface area contributed by atoms with Gasteiger partial charge in [0.25, 0.3) is 5.91 Å². The van der Waals surface area contributed by atoms with Gasteiger partial charge in [0.1, 0.15) is 0 Å². The van der Waals surface area contributed by atoms with Crippen LogP contribution in [0.2, 0.25) is 0 Å². The summed E-state index contributed by atoms with van der Waals surface area (Å²) in [6.45, 7) is 5.69. The Morgan fingerprint density at radius 2 is 2.26 bits per heavy atom. The Hall–Kier alpha value is -1.66. The van der Waals surface area contributed by atoms with Crippen LogP contribution in [0.3, 0.4) is 0 Å². The number of pyridine rings is 1. The first-order valence-electron chi connectivity index (χ1n) is 9.96. The molecule has 5 atom stereocenters. The summed E-state index contributed by atoms with van der Waals surface area (Å²) in [4.78, 5) is 16.4. The topological polar surface area (TPSA) is 80.7 Å². The fourth-order valence-electron chi connectivity index (χ4n) is 5.89. The van der Waals surface area contributed by atoms with Crippen LogP contribution >= 0.6 is 0 Å². The quantitative estimate of drug-likeness (QED) is 0.827. The number of hydrogen-bond donors (Lipinski definition) is 2. The Bertz CT molecular complexity index is 705. The number of nitrogens with zero attached hydrogens (tertiary/aromatic N) is 1. The van der Waals surface area contributed by atoms with Crippen LogP contribution < -0.4 is 10.1 Å². The van der Waals surface area contributed by atoms with Gasteiger partial charge in [-0.05, 0) is 49.0 Å². The van der Waals surface area contributed by atoms with E-state index >= 15 is 0 Å². The summed E-state index contributed by atoms with van der Waals surface area (Å²) in [6.07, 6.45) is 5.37. The van der Waals surface area contributed by atoms with Crippen LogP contribution in [0.25, 0.3) is 0 Å². The molecule has 6 heteroatoms. The highest BCUT2D eigenvalue weighted by molar-refractivity contribution is 5.93. The van der Waals surface area contributed by atoms with Crippen molar-refractivity contribution in [1.29, 1.82) is 0 Å². The molecule has 6 nitrogen and oxygen atoms in total. The van der Waals surface area contributed by atoms with Crippen molar-refractivity contribution in [2.75, 3.05) is 20.3 Å². The third-order valence-electron chi connectivity index (χ3n) is 7.48. The molecule has 148 valence electrons. The van der Waals surface area contributed by atoms with Crippen LogP contribution in [-0.4, -0.2) is 48.5 Å². The molecule has 2 heterocycles. The van der Waals surface area contributed by atoms with Gasteiger partial charge in [0.05, 0.1) is 24.9 Å². The van der Waals surface area contributed by atoms with E-state index in [1.54, 1.807) is 19.2 Å². The Morgan fingerprint density at radius 1 is 1.44 bits per heavy atom. The standard InChI is InChI=1S/C21H30N2O4/c1-20(2)14-10-15-16(27-9-7-21(15,11-14)19(20)25)6-8-22-18(24)13-4-5-17(26-3)23-12-13/h4-5,12,14-16,19,25H,6-11H2,1-3H3,(H,22,24)/t14-,15-,16-,19-,21?/m1/s1. The van der Waals surface area contributed by atoms with Gasteiger partial charge in [-0.15, -0.1) is 0 Å². The predicted molar refractivity (Wildman–Crippen MR) is 101 cm³/mol. The molecule has 2 bridgehead atoms. The summed E-state index contributed by atoms with van der Waals surface area (Å²) < 4.78 is 11.1. The SMILES string of the molecule is COc1ccc(C(=O)NCC[C@H]2OCCC34C[C@@H](C[C@H]23)C(C)(C)[C@H]4O)cn1. The molecule has 1 spiro atoms. The molecule has 1 aromatic rings. The number of nitrogens with one attached hydrogen (secondary N) is 1. The Kier molecular flexibility index (Phi) is 4.67. The maximum absolute atomic E-state index is 12.3. The number of fused-ring (bicyclic) bond motifs is 1. The summed E-state index contributed by atoms with van der Waals surface area (Å²) in [5, 5.41) is 14.0. The Balaban J connectivity index is 1.35. The van der Waals surface area contributed by atoms with Crippen LogP contribution in [0.5, 0.6) is 5.88 Å². The van der Waals surface area contributed by atoms with E-state index in [2.05, 4.69) is 24.1 Å². The van der Waals surface area contributed by atoms with E-state index in [0.717, 1.165) is 25.7 Å². The van der Waals surface area contributed by atoms with Crippen LogP contribution in [0.15, 0.2) is 18.3 Å². The fourth-order valence-corrected chi connectivity index (χ4v) is 5.89. The van der Waals surface area contributed by atoms with Crippen molar-refractivity contribution in [2.45, 2.75) is 51.7 Å². The molecule has 1 unspecified atom stereocenters. The van der Waals surface area contributed by atoms with Gasteiger partial charge in [0.15, 0.2) is 0 Å². The molecule has 2 N–H and O–H groups in total. The summed E-state index contributed by atoms with van der Waals surface area (Å²) in [5.41, 5.74) is 0.545. The monoisotopic (exact) mass is 374 g/mol. The van der Waals surface area contributed by atoms with Gasteiger partial charge < -0.3 is 19.9 Å². The maximum atomic E-state index is 12.3. The maximum Gasteiger partial charge on any atom is 0.252 e. The van der Waals surface area contributed by atoms with Crippen molar-refractivity contribution < 1.29 is 19.4 Å². The second-order valence-corrected chi connectivity index (χ2v) is 8.99. The summed E-state index contributed by atoms with van der Waals surface area (Å²) in [5.74, 6) is 1.33. The minimum atomic E-state index is -0.250. The number of aliphatic hydroxyl groups excluding tert-OH is 1. The molecule has 1 aliphatic heterocycles. The lowest BCUT2D eigenvalue weighted by Gasteiger charge is -2.51. The minimum absolute atomic E-state index is 0.00791. The third-order valence-corrected chi connectivity index (χ3v) is 7.48. The smallest absolute Gasteiger partial charge is 0.252 e. The highest BCUT2D eigenvalue weighted by Gasteiger charge is 2.67. The van der Waals surface area contributed by atoms with Crippen LogP contribution in [0.1, 0.15) is 49.9 Å². The van der Waals surface area contributed by atoms with E-state index in [1.807, 2.05) is 0 Å². The second-order valence-electron chi connectivity index (χ2n) is 8.99. The molecular weight excluding hydrogens is 344 g/mol. The number of hydrogen-bond acceptors (Lipinski definition) is 5. The lowest BCUT2D eigenvalue weighted by Crippen LogP contribution is -2.54. The largest absolute Gasteiger partial charge is 0.481 e. The number of aromatic nitrogens is 1. The van der Waals surface area contributed by atoms with Crippen molar-refractivity contribution in [3.63, 3.8) is 0 Å². The van der Waals surface area contributed by atoms with Crippen molar-refractivity contribution in [2.24, 2.45) is 22.7 Å². The van der Waals surface area contributed by atoms with Crippen molar-refractivity contribution >= 4 is 5.91 Å². The molecule has 3 aliphatic rings. The van der Waals surface area contributed by atoms with Gasteiger partial charge >= 0.3 is 0 Å². The van der Waals surface area contributed by atoms with E-state index in [-0.39, 0.29) is 28.9 Å². The van der Waals surface area contributed by atoms with Gasteiger partial charge in [-0.25, -0.2) is 4.98 Å². The number of ether oxygens (including phenoxy) is 2.